The number of aromatic amines is 1. The fraction of sp³-hybridized carbons (Fsp3) is 0.389. The summed E-state index contributed by atoms with van der Waals surface area (Å²) in [7, 11) is 0. The van der Waals surface area contributed by atoms with Crippen LogP contribution in [0.5, 0.6) is 0 Å². The van der Waals surface area contributed by atoms with Crippen LogP contribution < -0.4 is 15.5 Å². The van der Waals surface area contributed by atoms with Crippen molar-refractivity contribution >= 4 is 23.3 Å². The minimum absolute atomic E-state index is 0.0500. The number of aromatic nitrogens is 2. The summed E-state index contributed by atoms with van der Waals surface area (Å²) in [6.45, 7) is 4.61. The number of carbonyl (C=O) groups is 2. The lowest BCUT2D eigenvalue weighted by Crippen LogP contribution is -2.37. The highest BCUT2D eigenvalue weighted by Crippen LogP contribution is 2.24. The molecule has 2 heterocycles. The maximum absolute atomic E-state index is 12.2. The van der Waals surface area contributed by atoms with Gasteiger partial charge in [0.1, 0.15) is 0 Å². The van der Waals surface area contributed by atoms with Crippen molar-refractivity contribution in [2.75, 3.05) is 16.8 Å². The lowest BCUT2D eigenvalue weighted by atomic mass is 10.2. The molecule has 132 valence electrons. The first kappa shape index (κ1) is 17.0. The van der Waals surface area contributed by atoms with Crippen molar-refractivity contribution < 1.29 is 9.59 Å². The molecule has 1 saturated heterocycles. The second kappa shape index (κ2) is 7.38. The molecule has 1 aromatic carbocycles. The van der Waals surface area contributed by atoms with E-state index in [0.717, 1.165) is 30.0 Å². The number of benzene rings is 1. The van der Waals surface area contributed by atoms with Gasteiger partial charge in [0.2, 0.25) is 5.91 Å². The quantitative estimate of drug-likeness (QED) is 0.781. The Kier molecular flexibility index (Phi) is 5.02. The molecule has 0 unspecified atom stereocenters. The maximum Gasteiger partial charge on any atom is 0.319 e. The number of aryl methyl sites for hydroxylation is 1. The number of H-pyrrole nitrogens is 1. The summed E-state index contributed by atoms with van der Waals surface area (Å²) in [6, 6.07) is 9.00. The number of nitrogens with zero attached hydrogens (tertiary/aromatic N) is 2. The third kappa shape index (κ3) is 4.37. The molecule has 0 spiro atoms. The standard InChI is InChI=1S/C18H23N5O2/c1-12(9-15-10-13(2)21-22-15)19-18(25)20-14-5-3-6-16(11-14)23-8-4-7-17(23)24/h3,5-6,10-12H,4,7-9H2,1-2H3,(H,21,22)(H2,19,20,25)/t12-/m1/s1. The highest BCUT2D eigenvalue weighted by molar-refractivity contribution is 5.96. The predicted octanol–water partition coefficient (Wildman–Crippen LogP) is 2.60. The van der Waals surface area contributed by atoms with E-state index in [1.54, 1.807) is 4.90 Å². The summed E-state index contributed by atoms with van der Waals surface area (Å²) in [5, 5.41) is 12.8. The molecule has 1 aliphatic heterocycles. The Balaban J connectivity index is 1.56. The molecule has 0 radical (unpaired) electrons. The van der Waals surface area contributed by atoms with Crippen molar-refractivity contribution in [2.24, 2.45) is 0 Å². The summed E-state index contributed by atoms with van der Waals surface area (Å²) >= 11 is 0. The fourth-order valence-corrected chi connectivity index (χ4v) is 3.01. The first-order valence-electron chi connectivity index (χ1n) is 8.50. The molecule has 1 atom stereocenters. The molecule has 2 aromatic rings. The zero-order chi connectivity index (χ0) is 17.8. The van der Waals surface area contributed by atoms with Crippen LogP contribution in [0.4, 0.5) is 16.2 Å². The molecule has 1 aromatic heterocycles. The Morgan fingerprint density at radius 3 is 2.92 bits per heavy atom. The van der Waals surface area contributed by atoms with E-state index >= 15 is 0 Å². The second-order valence-corrected chi connectivity index (χ2v) is 6.45. The van der Waals surface area contributed by atoms with E-state index in [1.807, 2.05) is 44.2 Å². The van der Waals surface area contributed by atoms with Crippen LogP contribution in [-0.2, 0) is 11.2 Å². The zero-order valence-corrected chi connectivity index (χ0v) is 14.5. The Labute approximate surface area is 146 Å². The van der Waals surface area contributed by atoms with Crippen LogP contribution in [0.15, 0.2) is 30.3 Å². The number of amides is 3. The lowest BCUT2D eigenvalue weighted by Gasteiger charge is -2.17. The van der Waals surface area contributed by atoms with E-state index in [0.29, 0.717) is 18.5 Å². The normalized spacial score (nSPS) is 15.3. The SMILES string of the molecule is Cc1cc(C[C@@H](C)NC(=O)Nc2cccc(N3CCCC3=O)c2)n[nH]1. The summed E-state index contributed by atoms with van der Waals surface area (Å²) in [6.07, 6.45) is 2.11. The lowest BCUT2D eigenvalue weighted by molar-refractivity contribution is -0.117. The Bertz CT molecular complexity index is 770. The van der Waals surface area contributed by atoms with Crippen LogP contribution in [0.25, 0.3) is 0 Å². The molecule has 0 bridgehead atoms. The highest BCUT2D eigenvalue weighted by atomic mass is 16.2. The van der Waals surface area contributed by atoms with E-state index < -0.39 is 0 Å². The molecule has 1 aliphatic rings. The molecule has 3 rings (SSSR count). The number of hydrogen-bond donors (Lipinski definition) is 3. The maximum atomic E-state index is 12.2. The van der Waals surface area contributed by atoms with Gasteiger partial charge in [0.05, 0.1) is 5.69 Å². The van der Waals surface area contributed by atoms with Crippen LogP contribution in [0.1, 0.15) is 31.2 Å². The molecule has 25 heavy (non-hydrogen) atoms. The largest absolute Gasteiger partial charge is 0.335 e. The monoisotopic (exact) mass is 341 g/mol. The van der Waals surface area contributed by atoms with Crippen molar-refractivity contribution in [1.29, 1.82) is 0 Å². The van der Waals surface area contributed by atoms with Gasteiger partial charge in [0, 0.05) is 42.5 Å². The van der Waals surface area contributed by atoms with Crippen molar-refractivity contribution in [3.63, 3.8) is 0 Å². The van der Waals surface area contributed by atoms with Gasteiger partial charge in [0.25, 0.3) is 0 Å². The van der Waals surface area contributed by atoms with Crippen molar-refractivity contribution in [2.45, 2.75) is 39.2 Å². The van der Waals surface area contributed by atoms with Gasteiger partial charge in [-0.05, 0) is 44.5 Å². The summed E-state index contributed by atoms with van der Waals surface area (Å²) in [5.74, 6) is 0.129. The van der Waals surface area contributed by atoms with Gasteiger partial charge in [-0.2, -0.15) is 5.10 Å². The smallest absolute Gasteiger partial charge is 0.319 e. The molecule has 7 heteroatoms. The number of anilines is 2. The third-order valence-corrected chi connectivity index (χ3v) is 4.14. The van der Waals surface area contributed by atoms with Crippen LogP contribution in [0, 0.1) is 6.92 Å². The van der Waals surface area contributed by atoms with Gasteiger partial charge in [-0.1, -0.05) is 6.07 Å². The second-order valence-electron chi connectivity index (χ2n) is 6.45. The summed E-state index contributed by atoms with van der Waals surface area (Å²) in [5.41, 5.74) is 3.40. The average Bonchev–Trinajstić information content (AvgIpc) is 3.15. The van der Waals surface area contributed by atoms with Crippen molar-refractivity contribution in [3.05, 3.63) is 41.7 Å². The zero-order valence-electron chi connectivity index (χ0n) is 14.5. The van der Waals surface area contributed by atoms with E-state index in [-0.39, 0.29) is 18.0 Å². The van der Waals surface area contributed by atoms with Gasteiger partial charge in [0.15, 0.2) is 0 Å². The van der Waals surface area contributed by atoms with E-state index in [2.05, 4.69) is 20.8 Å². The Hall–Kier alpha value is -2.83. The highest BCUT2D eigenvalue weighted by Gasteiger charge is 2.21. The van der Waals surface area contributed by atoms with E-state index in [9.17, 15) is 9.59 Å². The molecule has 7 nitrogen and oxygen atoms in total. The predicted molar refractivity (Wildman–Crippen MR) is 96.7 cm³/mol. The fourth-order valence-electron chi connectivity index (χ4n) is 3.01. The topological polar surface area (TPSA) is 90.1 Å². The van der Waals surface area contributed by atoms with Crippen molar-refractivity contribution in [1.82, 2.24) is 15.5 Å². The van der Waals surface area contributed by atoms with Gasteiger partial charge in [-0.3, -0.25) is 9.89 Å². The third-order valence-electron chi connectivity index (χ3n) is 4.14. The molecule has 3 amide bonds. The summed E-state index contributed by atoms with van der Waals surface area (Å²) < 4.78 is 0. The van der Waals surface area contributed by atoms with E-state index in [4.69, 9.17) is 0 Å². The molecular weight excluding hydrogens is 318 g/mol. The number of urea groups is 1. The summed E-state index contributed by atoms with van der Waals surface area (Å²) in [4.78, 5) is 25.8. The number of hydrogen-bond acceptors (Lipinski definition) is 3. The first-order valence-corrected chi connectivity index (χ1v) is 8.50. The van der Waals surface area contributed by atoms with E-state index in [1.165, 1.54) is 0 Å². The Morgan fingerprint density at radius 2 is 2.24 bits per heavy atom. The van der Waals surface area contributed by atoms with Crippen molar-refractivity contribution in [3.8, 4) is 0 Å². The molecule has 3 N–H and O–H groups in total. The van der Waals surface area contributed by atoms with Crippen LogP contribution >= 0.6 is 0 Å². The minimum Gasteiger partial charge on any atom is -0.335 e. The minimum atomic E-state index is -0.273. The number of nitrogens with one attached hydrogen (secondary N) is 3. The van der Waals surface area contributed by atoms with Gasteiger partial charge >= 0.3 is 6.03 Å². The van der Waals surface area contributed by atoms with Gasteiger partial charge in [-0.25, -0.2) is 4.79 Å². The Morgan fingerprint density at radius 1 is 1.40 bits per heavy atom. The van der Waals surface area contributed by atoms with Crippen LogP contribution in [0.2, 0.25) is 0 Å². The van der Waals surface area contributed by atoms with Gasteiger partial charge in [-0.15, -0.1) is 0 Å². The molecular formula is C18H23N5O2. The van der Waals surface area contributed by atoms with Crippen LogP contribution in [0.3, 0.4) is 0 Å². The van der Waals surface area contributed by atoms with Gasteiger partial charge < -0.3 is 15.5 Å². The number of rotatable bonds is 5. The first-order chi connectivity index (χ1) is 12.0. The molecule has 1 fully saturated rings. The molecule has 0 aliphatic carbocycles. The average molecular weight is 341 g/mol. The van der Waals surface area contributed by atoms with Crippen LogP contribution in [-0.4, -0.2) is 34.7 Å². The molecule has 0 saturated carbocycles. The number of carbonyl (C=O) groups excluding carboxylic acids is 2.